The molecule has 3 rings (SSSR count). The van der Waals surface area contributed by atoms with Crippen molar-refractivity contribution in [1.29, 1.82) is 0 Å². The molecule has 152 valence electrons. The van der Waals surface area contributed by atoms with Crippen LogP contribution in [-0.4, -0.2) is 49.2 Å². The summed E-state index contributed by atoms with van der Waals surface area (Å²) in [5.41, 5.74) is 0.767. The van der Waals surface area contributed by atoms with Crippen molar-refractivity contribution in [3.8, 4) is 11.4 Å². The van der Waals surface area contributed by atoms with Crippen LogP contribution in [0.15, 0.2) is 28.6 Å². The van der Waals surface area contributed by atoms with Gasteiger partial charge in [0, 0.05) is 10.6 Å². The Bertz CT molecular complexity index is 1060. The molecule has 29 heavy (non-hydrogen) atoms. The average Bonchev–Trinajstić information content (AvgIpc) is 3.28. The summed E-state index contributed by atoms with van der Waals surface area (Å²) in [7, 11) is 0. The van der Waals surface area contributed by atoms with Crippen molar-refractivity contribution >= 4 is 63.9 Å². The number of ether oxygens (including phenoxy) is 1. The molecule has 0 saturated carbocycles. The number of halogens is 1. The maximum atomic E-state index is 12.4. The van der Waals surface area contributed by atoms with Crippen molar-refractivity contribution in [1.82, 2.24) is 25.0 Å². The number of esters is 1. The van der Waals surface area contributed by atoms with Crippen LogP contribution in [0.4, 0.5) is 5.13 Å². The Morgan fingerprint density at radius 3 is 2.83 bits per heavy atom. The standard InChI is InChI=1S/C16H15ClN6O3S3/c1-2-26-12(25)8-28-16-22-20-14(29-16)18-11(24)7-23-13(19-21-15(23)27)9-3-5-10(17)6-4-9/h3-6H,2,7-8H2,1H3,(H,21,27)(H,18,20,24). The monoisotopic (exact) mass is 470 g/mol. The third-order valence-electron chi connectivity index (χ3n) is 3.43. The second-order valence-electron chi connectivity index (χ2n) is 5.46. The van der Waals surface area contributed by atoms with Crippen molar-refractivity contribution in [3.05, 3.63) is 34.1 Å². The maximum absolute atomic E-state index is 12.4. The largest absolute Gasteiger partial charge is 0.465 e. The molecule has 2 N–H and O–H groups in total. The third kappa shape index (κ3) is 5.85. The van der Waals surface area contributed by atoms with E-state index in [1.807, 2.05) is 0 Å². The quantitative estimate of drug-likeness (QED) is 0.223. The first-order chi connectivity index (χ1) is 14.0. The molecule has 0 unspecified atom stereocenters. The molecule has 0 aliphatic rings. The van der Waals surface area contributed by atoms with Gasteiger partial charge in [0.15, 0.2) is 14.9 Å². The summed E-state index contributed by atoms with van der Waals surface area (Å²) in [6, 6.07) is 7.05. The number of carbonyl (C=O) groups excluding carboxylic acids is 2. The number of aromatic nitrogens is 5. The molecule has 3 aromatic rings. The maximum Gasteiger partial charge on any atom is 0.316 e. The predicted octanol–water partition coefficient (Wildman–Crippen LogP) is 3.41. The zero-order valence-corrected chi connectivity index (χ0v) is 18.3. The number of anilines is 1. The molecule has 0 atom stereocenters. The lowest BCUT2D eigenvalue weighted by Gasteiger charge is -2.06. The number of nitrogens with one attached hydrogen (secondary N) is 2. The fourth-order valence-electron chi connectivity index (χ4n) is 2.23. The molecule has 0 aliphatic carbocycles. The Morgan fingerprint density at radius 1 is 1.34 bits per heavy atom. The SMILES string of the molecule is CCOC(=O)CSc1nnc(NC(=O)Cn2c(-c3ccc(Cl)cc3)n[nH]c2=S)s1. The molecular weight excluding hydrogens is 456 g/mol. The van der Waals surface area contributed by atoms with Gasteiger partial charge in [-0.25, -0.2) is 0 Å². The summed E-state index contributed by atoms with van der Waals surface area (Å²) in [5.74, 6) is -0.0201. The van der Waals surface area contributed by atoms with E-state index < -0.39 is 0 Å². The summed E-state index contributed by atoms with van der Waals surface area (Å²) in [5, 5.41) is 18.3. The van der Waals surface area contributed by atoms with Crippen molar-refractivity contribution < 1.29 is 14.3 Å². The van der Waals surface area contributed by atoms with Crippen LogP contribution < -0.4 is 5.32 Å². The summed E-state index contributed by atoms with van der Waals surface area (Å²) in [6.45, 7) is 2.01. The van der Waals surface area contributed by atoms with Crippen molar-refractivity contribution in [2.75, 3.05) is 17.7 Å². The average molecular weight is 471 g/mol. The highest BCUT2D eigenvalue weighted by Gasteiger charge is 2.15. The molecule has 0 bridgehead atoms. The Balaban J connectivity index is 1.63. The van der Waals surface area contributed by atoms with Gasteiger partial charge in [-0.2, -0.15) is 5.10 Å². The van der Waals surface area contributed by atoms with E-state index in [-0.39, 0.29) is 24.2 Å². The van der Waals surface area contributed by atoms with E-state index in [4.69, 9.17) is 28.6 Å². The van der Waals surface area contributed by atoms with Gasteiger partial charge in [0.05, 0.1) is 12.4 Å². The lowest BCUT2D eigenvalue weighted by atomic mass is 10.2. The van der Waals surface area contributed by atoms with E-state index in [9.17, 15) is 9.59 Å². The van der Waals surface area contributed by atoms with E-state index in [0.29, 0.717) is 31.7 Å². The van der Waals surface area contributed by atoms with E-state index in [2.05, 4.69) is 25.7 Å². The smallest absolute Gasteiger partial charge is 0.316 e. The first-order valence-corrected chi connectivity index (χ1v) is 10.9. The minimum atomic E-state index is -0.337. The molecule has 1 aromatic carbocycles. The fourth-order valence-corrected chi connectivity index (χ4v) is 4.12. The van der Waals surface area contributed by atoms with Crippen molar-refractivity contribution in [2.45, 2.75) is 17.8 Å². The highest BCUT2D eigenvalue weighted by molar-refractivity contribution is 8.01. The van der Waals surface area contributed by atoms with E-state index in [1.54, 1.807) is 35.8 Å². The van der Waals surface area contributed by atoms with Crippen molar-refractivity contribution in [2.24, 2.45) is 0 Å². The number of thioether (sulfide) groups is 1. The normalized spacial score (nSPS) is 10.7. The van der Waals surface area contributed by atoms with Crippen LogP contribution >= 0.6 is 46.9 Å². The molecule has 0 spiro atoms. The summed E-state index contributed by atoms with van der Waals surface area (Å²) in [6.07, 6.45) is 0. The van der Waals surface area contributed by atoms with E-state index >= 15 is 0 Å². The number of H-pyrrole nitrogens is 1. The highest BCUT2D eigenvalue weighted by Crippen LogP contribution is 2.26. The van der Waals surface area contributed by atoms with Crippen LogP contribution in [-0.2, 0) is 20.9 Å². The molecule has 0 fully saturated rings. The Morgan fingerprint density at radius 2 is 2.10 bits per heavy atom. The number of hydrogen-bond acceptors (Lipinski definition) is 9. The molecule has 13 heteroatoms. The first kappa shape index (κ1) is 21.4. The van der Waals surface area contributed by atoms with Crippen molar-refractivity contribution in [3.63, 3.8) is 0 Å². The van der Waals surface area contributed by atoms with Crippen LogP contribution in [0.3, 0.4) is 0 Å². The van der Waals surface area contributed by atoms with Crippen LogP contribution in [0.25, 0.3) is 11.4 Å². The number of nitrogens with zero attached hydrogens (tertiary/aromatic N) is 4. The molecule has 0 aliphatic heterocycles. The molecule has 0 saturated heterocycles. The number of amides is 1. The van der Waals surface area contributed by atoms with Crippen LogP contribution in [0.2, 0.25) is 5.02 Å². The summed E-state index contributed by atoms with van der Waals surface area (Å²) < 4.78 is 7.30. The predicted molar refractivity (Wildman–Crippen MR) is 114 cm³/mol. The second-order valence-corrected chi connectivity index (χ2v) is 8.48. The zero-order valence-electron chi connectivity index (χ0n) is 15.0. The lowest BCUT2D eigenvalue weighted by Crippen LogP contribution is -2.19. The van der Waals surface area contributed by atoms with Gasteiger partial charge in [-0.1, -0.05) is 34.7 Å². The van der Waals surface area contributed by atoms with Gasteiger partial charge in [-0.15, -0.1) is 10.2 Å². The second kappa shape index (κ2) is 9.96. The molecule has 1 amide bonds. The van der Waals surface area contributed by atoms with E-state index in [0.717, 1.165) is 5.56 Å². The minimum absolute atomic E-state index is 0.0574. The summed E-state index contributed by atoms with van der Waals surface area (Å²) in [4.78, 5) is 23.8. The van der Waals surface area contributed by atoms with Crippen LogP contribution in [0, 0.1) is 4.77 Å². The molecule has 9 nitrogen and oxygen atoms in total. The van der Waals surface area contributed by atoms with Gasteiger partial charge >= 0.3 is 5.97 Å². The number of benzene rings is 1. The van der Waals surface area contributed by atoms with Gasteiger partial charge in [-0.05, 0) is 43.4 Å². The molecule has 0 radical (unpaired) electrons. The van der Waals surface area contributed by atoms with Gasteiger partial charge in [-0.3, -0.25) is 24.6 Å². The zero-order chi connectivity index (χ0) is 20.8. The van der Waals surface area contributed by atoms with Gasteiger partial charge in [0.2, 0.25) is 11.0 Å². The minimum Gasteiger partial charge on any atom is -0.465 e. The van der Waals surface area contributed by atoms with Crippen LogP contribution in [0.5, 0.6) is 0 Å². The number of hydrogen-bond donors (Lipinski definition) is 2. The third-order valence-corrected chi connectivity index (χ3v) is 5.94. The molecule has 2 heterocycles. The topological polar surface area (TPSA) is 115 Å². The van der Waals surface area contributed by atoms with E-state index in [1.165, 1.54) is 23.1 Å². The van der Waals surface area contributed by atoms with Gasteiger partial charge in [0.1, 0.15) is 6.54 Å². The molecule has 2 aromatic heterocycles. The number of rotatable bonds is 8. The van der Waals surface area contributed by atoms with Gasteiger partial charge < -0.3 is 4.74 Å². The number of aromatic amines is 1. The Hall–Kier alpha value is -2.28. The highest BCUT2D eigenvalue weighted by atomic mass is 35.5. The molecular formula is C16H15ClN6O3S3. The fraction of sp³-hybridized carbons (Fsp3) is 0.250. The van der Waals surface area contributed by atoms with Gasteiger partial charge in [0.25, 0.3) is 0 Å². The summed E-state index contributed by atoms with van der Waals surface area (Å²) >= 11 is 13.5. The Labute approximate surface area is 183 Å². The van der Waals surface area contributed by atoms with Crippen LogP contribution in [0.1, 0.15) is 6.92 Å². The Kier molecular flexibility index (Phi) is 7.36. The lowest BCUT2D eigenvalue weighted by molar-refractivity contribution is -0.139. The number of carbonyl (C=O) groups is 2. The first-order valence-electron chi connectivity index (χ1n) is 8.29.